The highest BCUT2D eigenvalue weighted by Crippen LogP contribution is 2.22. The van der Waals surface area contributed by atoms with E-state index >= 15 is 0 Å². The van der Waals surface area contributed by atoms with Crippen LogP contribution < -0.4 is 10.1 Å². The summed E-state index contributed by atoms with van der Waals surface area (Å²) >= 11 is 3.35. The van der Waals surface area contributed by atoms with E-state index in [0.29, 0.717) is 28.2 Å². The molecule has 0 atom stereocenters. The van der Waals surface area contributed by atoms with E-state index in [9.17, 15) is 9.18 Å². The largest absolute Gasteiger partial charge is 0.484 e. The van der Waals surface area contributed by atoms with Gasteiger partial charge < -0.3 is 10.1 Å². The summed E-state index contributed by atoms with van der Waals surface area (Å²) in [6.07, 6.45) is 0. The van der Waals surface area contributed by atoms with Crippen LogP contribution in [0.2, 0.25) is 0 Å². The lowest BCUT2D eigenvalue weighted by molar-refractivity contribution is -0.118. The van der Waals surface area contributed by atoms with Crippen LogP contribution in [0.4, 0.5) is 10.1 Å². The first-order valence-electron chi connectivity index (χ1n) is 8.80. The summed E-state index contributed by atoms with van der Waals surface area (Å²) in [6.45, 7) is 1.77. The molecule has 3 aromatic carbocycles. The zero-order valence-electron chi connectivity index (χ0n) is 15.4. The smallest absolute Gasteiger partial charge is 0.262 e. The molecule has 1 N–H and O–H groups in total. The summed E-state index contributed by atoms with van der Waals surface area (Å²) in [6, 6.07) is 16.8. The molecular weight excluding hydrogens is 439 g/mol. The molecule has 0 aliphatic rings. The van der Waals surface area contributed by atoms with Crippen molar-refractivity contribution < 1.29 is 13.9 Å². The molecular formula is C21H16BrFN4O2. The van der Waals surface area contributed by atoms with Gasteiger partial charge in [-0.3, -0.25) is 4.79 Å². The van der Waals surface area contributed by atoms with Crippen LogP contribution in [0.5, 0.6) is 5.75 Å². The molecule has 29 heavy (non-hydrogen) atoms. The predicted octanol–water partition coefficient (Wildman–Crippen LogP) is 4.65. The second-order valence-corrected chi connectivity index (χ2v) is 7.33. The number of anilines is 1. The summed E-state index contributed by atoms with van der Waals surface area (Å²) in [7, 11) is 0. The van der Waals surface area contributed by atoms with Gasteiger partial charge >= 0.3 is 0 Å². The van der Waals surface area contributed by atoms with Crippen LogP contribution in [0, 0.1) is 12.7 Å². The van der Waals surface area contributed by atoms with E-state index in [0.717, 1.165) is 10.0 Å². The van der Waals surface area contributed by atoms with Gasteiger partial charge in [0.25, 0.3) is 5.91 Å². The average Bonchev–Trinajstić information content (AvgIpc) is 3.11. The fraction of sp³-hybridized carbons (Fsp3) is 0.0952. The van der Waals surface area contributed by atoms with Crippen molar-refractivity contribution in [2.75, 3.05) is 11.9 Å². The molecule has 146 valence electrons. The molecule has 0 unspecified atom stereocenters. The van der Waals surface area contributed by atoms with Gasteiger partial charge in [-0.1, -0.05) is 15.9 Å². The molecule has 0 saturated carbocycles. The number of nitrogens with zero attached hydrogens (tertiary/aromatic N) is 3. The highest BCUT2D eigenvalue weighted by molar-refractivity contribution is 9.10. The molecule has 1 amide bonds. The summed E-state index contributed by atoms with van der Waals surface area (Å²) in [4.78, 5) is 13.7. The molecule has 0 radical (unpaired) electrons. The minimum absolute atomic E-state index is 0.110. The van der Waals surface area contributed by atoms with E-state index in [1.54, 1.807) is 30.3 Å². The molecule has 0 aliphatic heterocycles. The fourth-order valence-electron chi connectivity index (χ4n) is 2.76. The Kier molecular flexibility index (Phi) is 5.26. The van der Waals surface area contributed by atoms with Crippen LogP contribution in [-0.4, -0.2) is 27.5 Å². The molecule has 4 aromatic rings. The first kappa shape index (κ1) is 19.1. The predicted molar refractivity (Wildman–Crippen MR) is 112 cm³/mol. The average molecular weight is 455 g/mol. The zero-order valence-corrected chi connectivity index (χ0v) is 17.0. The number of aryl methyl sites for hydroxylation is 1. The van der Waals surface area contributed by atoms with Crippen molar-refractivity contribution in [2.45, 2.75) is 6.92 Å². The van der Waals surface area contributed by atoms with E-state index in [1.807, 2.05) is 25.1 Å². The second-order valence-electron chi connectivity index (χ2n) is 6.41. The van der Waals surface area contributed by atoms with Gasteiger partial charge in [-0.15, -0.1) is 10.2 Å². The van der Waals surface area contributed by atoms with Crippen molar-refractivity contribution in [1.82, 2.24) is 15.0 Å². The van der Waals surface area contributed by atoms with Crippen molar-refractivity contribution in [1.29, 1.82) is 0 Å². The van der Waals surface area contributed by atoms with Gasteiger partial charge in [0.05, 0.1) is 5.69 Å². The number of hydrogen-bond donors (Lipinski definition) is 1. The Morgan fingerprint density at radius 2 is 1.72 bits per heavy atom. The van der Waals surface area contributed by atoms with Crippen LogP contribution in [0.1, 0.15) is 5.56 Å². The Hall–Kier alpha value is -3.26. The molecule has 0 aliphatic carbocycles. The van der Waals surface area contributed by atoms with Gasteiger partial charge in [0.2, 0.25) is 0 Å². The lowest BCUT2D eigenvalue weighted by Gasteiger charge is -2.09. The van der Waals surface area contributed by atoms with Crippen molar-refractivity contribution in [2.24, 2.45) is 0 Å². The SMILES string of the molecule is Cc1cc2nn(-c3ccc(F)cc3)nc2cc1NC(=O)COc1ccc(Br)cc1. The van der Waals surface area contributed by atoms with Crippen molar-refractivity contribution in [3.05, 3.63) is 76.5 Å². The van der Waals surface area contributed by atoms with Gasteiger partial charge in [0.15, 0.2) is 6.61 Å². The first-order chi connectivity index (χ1) is 14.0. The maximum absolute atomic E-state index is 13.1. The Morgan fingerprint density at radius 3 is 2.41 bits per heavy atom. The Labute approximate surface area is 174 Å². The number of fused-ring (bicyclic) bond motifs is 1. The minimum Gasteiger partial charge on any atom is -0.484 e. The molecule has 0 spiro atoms. The Balaban J connectivity index is 1.49. The summed E-state index contributed by atoms with van der Waals surface area (Å²) in [5.74, 6) is 0.00993. The Bertz CT molecular complexity index is 1170. The molecule has 1 heterocycles. The minimum atomic E-state index is -0.323. The van der Waals surface area contributed by atoms with Gasteiger partial charge in [-0.25, -0.2) is 4.39 Å². The van der Waals surface area contributed by atoms with Gasteiger partial charge in [-0.05, 0) is 73.2 Å². The number of benzene rings is 3. The van der Waals surface area contributed by atoms with Crippen molar-refractivity contribution in [3.8, 4) is 11.4 Å². The van der Waals surface area contributed by atoms with Crippen molar-refractivity contribution in [3.63, 3.8) is 0 Å². The maximum atomic E-state index is 13.1. The lowest BCUT2D eigenvalue weighted by Crippen LogP contribution is -2.20. The molecule has 4 rings (SSSR count). The molecule has 0 bridgehead atoms. The summed E-state index contributed by atoms with van der Waals surface area (Å²) in [5.41, 5.74) is 3.42. The molecule has 0 fully saturated rings. The number of rotatable bonds is 5. The van der Waals surface area contributed by atoms with Gasteiger partial charge in [0, 0.05) is 10.2 Å². The van der Waals surface area contributed by atoms with Crippen LogP contribution in [0.3, 0.4) is 0 Å². The van der Waals surface area contributed by atoms with Gasteiger partial charge in [-0.2, -0.15) is 4.80 Å². The van der Waals surface area contributed by atoms with E-state index in [4.69, 9.17) is 4.74 Å². The van der Waals surface area contributed by atoms with Crippen molar-refractivity contribution >= 4 is 38.6 Å². The highest BCUT2D eigenvalue weighted by atomic mass is 79.9. The highest BCUT2D eigenvalue weighted by Gasteiger charge is 2.11. The first-order valence-corrected chi connectivity index (χ1v) is 9.59. The molecule has 1 aromatic heterocycles. The van der Waals surface area contributed by atoms with Crippen LogP contribution in [0.15, 0.2) is 65.1 Å². The number of halogens is 2. The third-order valence-electron chi connectivity index (χ3n) is 4.24. The summed E-state index contributed by atoms with van der Waals surface area (Å²) < 4.78 is 19.6. The number of ether oxygens (including phenoxy) is 1. The normalized spacial score (nSPS) is 10.9. The van der Waals surface area contributed by atoms with Crippen LogP contribution >= 0.6 is 15.9 Å². The zero-order chi connectivity index (χ0) is 20.4. The maximum Gasteiger partial charge on any atom is 0.262 e. The second kappa shape index (κ2) is 8.00. The number of amides is 1. The number of hydrogen-bond acceptors (Lipinski definition) is 4. The van der Waals surface area contributed by atoms with E-state index < -0.39 is 0 Å². The summed E-state index contributed by atoms with van der Waals surface area (Å²) in [5, 5.41) is 11.7. The quantitative estimate of drug-likeness (QED) is 0.476. The lowest BCUT2D eigenvalue weighted by atomic mass is 10.1. The number of aromatic nitrogens is 3. The number of nitrogens with one attached hydrogen (secondary N) is 1. The van der Waals surface area contributed by atoms with E-state index in [-0.39, 0.29) is 18.3 Å². The molecule has 0 saturated heterocycles. The fourth-order valence-corrected chi connectivity index (χ4v) is 3.02. The molecule has 6 nitrogen and oxygen atoms in total. The Morgan fingerprint density at radius 1 is 1.07 bits per heavy atom. The third kappa shape index (κ3) is 4.43. The van der Waals surface area contributed by atoms with Gasteiger partial charge in [0.1, 0.15) is 22.6 Å². The van der Waals surface area contributed by atoms with E-state index in [2.05, 4.69) is 31.4 Å². The van der Waals surface area contributed by atoms with Crippen LogP contribution in [0.25, 0.3) is 16.7 Å². The third-order valence-corrected chi connectivity index (χ3v) is 4.77. The van der Waals surface area contributed by atoms with E-state index in [1.165, 1.54) is 16.9 Å². The monoisotopic (exact) mass is 454 g/mol. The standard InChI is InChI=1S/C21H16BrFN4O2/c1-13-10-19-20(26-27(25-19)16-6-4-15(23)5-7-16)11-18(13)24-21(28)12-29-17-8-2-14(22)3-9-17/h2-11H,12H2,1H3,(H,24,28). The van der Waals surface area contributed by atoms with Crippen LogP contribution in [-0.2, 0) is 4.79 Å². The number of carbonyl (C=O) groups excluding carboxylic acids is 1. The number of carbonyl (C=O) groups is 1. The molecule has 8 heteroatoms. The topological polar surface area (TPSA) is 69.0 Å².